The van der Waals surface area contributed by atoms with Gasteiger partial charge in [-0.05, 0) is 25.1 Å². The fraction of sp³-hybridized carbons (Fsp3) is 0.417. The number of nitrogens with two attached hydrogens (primary N) is 1. The minimum Gasteiger partial charge on any atom is -0.492 e. The normalized spacial score (nSPS) is 11.4. The molecule has 1 unspecified atom stereocenters. The number of carbonyl (C=O) groups excluding carboxylic acids is 1. The topological polar surface area (TPSA) is 73.6 Å². The first-order valence-electron chi connectivity index (χ1n) is 5.58. The van der Waals surface area contributed by atoms with Gasteiger partial charge in [0, 0.05) is 19.3 Å². The van der Waals surface area contributed by atoms with Crippen LogP contribution in [-0.2, 0) is 9.53 Å². The first-order valence-corrected chi connectivity index (χ1v) is 5.96. The third kappa shape index (κ3) is 5.24. The van der Waals surface area contributed by atoms with Gasteiger partial charge in [0.2, 0.25) is 0 Å². The second kappa shape index (κ2) is 8.98. The van der Waals surface area contributed by atoms with Gasteiger partial charge in [0.05, 0.1) is 11.6 Å². The van der Waals surface area contributed by atoms with Gasteiger partial charge in [-0.25, -0.2) is 0 Å². The highest BCUT2D eigenvalue weighted by Gasteiger charge is 2.16. The average Bonchev–Trinajstić information content (AvgIpc) is 2.34. The number of anilines is 1. The van der Waals surface area contributed by atoms with Crippen LogP contribution in [0.3, 0.4) is 0 Å². The Hall–Kier alpha value is -1.01. The van der Waals surface area contributed by atoms with E-state index in [0.29, 0.717) is 23.1 Å². The molecular formula is C12H18Cl2N2O3. The molecule has 1 amide bonds. The van der Waals surface area contributed by atoms with Crippen LogP contribution in [0.4, 0.5) is 5.69 Å². The van der Waals surface area contributed by atoms with Crippen LogP contribution in [0.15, 0.2) is 18.2 Å². The molecule has 1 atom stereocenters. The highest BCUT2D eigenvalue weighted by atomic mass is 35.5. The molecular weight excluding hydrogens is 291 g/mol. The minimum atomic E-state index is -0.671. The Kier molecular flexibility index (Phi) is 8.51. The van der Waals surface area contributed by atoms with Gasteiger partial charge < -0.3 is 20.5 Å². The number of nitrogens with one attached hydrogen (secondary N) is 1. The molecule has 0 saturated carbocycles. The maximum Gasteiger partial charge on any atom is 0.254 e. The first-order chi connectivity index (χ1) is 8.62. The average molecular weight is 309 g/mol. The minimum absolute atomic E-state index is 0. The van der Waals surface area contributed by atoms with Crippen molar-refractivity contribution in [3.05, 3.63) is 23.2 Å². The van der Waals surface area contributed by atoms with Crippen molar-refractivity contribution in [2.45, 2.75) is 13.0 Å². The van der Waals surface area contributed by atoms with Gasteiger partial charge in [-0.2, -0.15) is 0 Å². The van der Waals surface area contributed by atoms with Crippen molar-refractivity contribution >= 4 is 35.6 Å². The van der Waals surface area contributed by atoms with E-state index in [2.05, 4.69) is 5.32 Å². The summed E-state index contributed by atoms with van der Waals surface area (Å²) in [5, 5.41) is 3.11. The van der Waals surface area contributed by atoms with Gasteiger partial charge >= 0.3 is 0 Å². The fourth-order valence-corrected chi connectivity index (χ4v) is 1.62. The van der Waals surface area contributed by atoms with E-state index in [4.69, 9.17) is 26.8 Å². The summed E-state index contributed by atoms with van der Waals surface area (Å²) >= 11 is 6.01. The zero-order valence-corrected chi connectivity index (χ0v) is 12.4. The van der Waals surface area contributed by atoms with E-state index in [-0.39, 0.29) is 24.9 Å². The highest BCUT2D eigenvalue weighted by Crippen LogP contribution is 2.27. The molecule has 0 aliphatic rings. The lowest BCUT2D eigenvalue weighted by molar-refractivity contribution is -0.125. The third-order valence-electron chi connectivity index (χ3n) is 2.29. The van der Waals surface area contributed by atoms with Crippen LogP contribution in [0.1, 0.15) is 6.92 Å². The molecule has 1 aromatic carbocycles. The van der Waals surface area contributed by atoms with Crippen molar-refractivity contribution in [1.29, 1.82) is 0 Å². The van der Waals surface area contributed by atoms with Gasteiger partial charge in [0.1, 0.15) is 11.9 Å². The predicted octanol–water partition coefficient (Wildman–Crippen LogP) is 2.07. The zero-order valence-electron chi connectivity index (χ0n) is 10.8. The van der Waals surface area contributed by atoms with Crippen LogP contribution < -0.4 is 15.8 Å². The van der Waals surface area contributed by atoms with E-state index in [0.717, 1.165) is 0 Å². The number of amides is 1. The van der Waals surface area contributed by atoms with Gasteiger partial charge in [-0.1, -0.05) is 11.6 Å². The van der Waals surface area contributed by atoms with E-state index in [1.165, 1.54) is 7.11 Å². The molecule has 108 valence electrons. The van der Waals surface area contributed by atoms with Crippen LogP contribution in [0.2, 0.25) is 5.02 Å². The summed E-state index contributed by atoms with van der Waals surface area (Å²) in [6.45, 7) is 2.52. The van der Waals surface area contributed by atoms with Crippen molar-refractivity contribution in [2.24, 2.45) is 5.73 Å². The molecule has 0 saturated heterocycles. The van der Waals surface area contributed by atoms with E-state index in [1.807, 2.05) is 6.92 Å². The third-order valence-corrected chi connectivity index (χ3v) is 2.59. The lowest BCUT2D eigenvalue weighted by Crippen LogP contribution is -2.35. The SMILES string of the molecule is CCOc1ccc(NC(=O)C(CN)OC)cc1Cl.Cl. The molecule has 19 heavy (non-hydrogen) atoms. The van der Waals surface area contributed by atoms with Crippen molar-refractivity contribution in [3.63, 3.8) is 0 Å². The summed E-state index contributed by atoms with van der Waals surface area (Å²) in [6, 6.07) is 5.03. The second-order valence-electron chi connectivity index (χ2n) is 3.53. The Balaban J connectivity index is 0.00000324. The van der Waals surface area contributed by atoms with Crippen LogP contribution >= 0.6 is 24.0 Å². The van der Waals surface area contributed by atoms with Crippen molar-refractivity contribution < 1.29 is 14.3 Å². The van der Waals surface area contributed by atoms with Gasteiger partial charge in [0.15, 0.2) is 0 Å². The van der Waals surface area contributed by atoms with E-state index < -0.39 is 6.10 Å². The summed E-state index contributed by atoms with van der Waals surface area (Å²) < 4.78 is 10.2. The highest BCUT2D eigenvalue weighted by molar-refractivity contribution is 6.32. The number of rotatable bonds is 6. The number of methoxy groups -OCH3 is 1. The van der Waals surface area contributed by atoms with Crippen molar-refractivity contribution in [3.8, 4) is 5.75 Å². The predicted molar refractivity (Wildman–Crippen MR) is 78.4 cm³/mol. The van der Waals surface area contributed by atoms with Crippen LogP contribution in [0.25, 0.3) is 0 Å². The smallest absolute Gasteiger partial charge is 0.254 e. The summed E-state index contributed by atoms with van der Waals surface area (Å²) in [6.07, 6.45) is -0.671. The molecule has 0 aliphatic heterocycles. The number of halogens is 2. The van der Waals surface area contributed by atoms with E-state index in [1.54, 1.807) is 18.2 Å². The van der Waals surface area contributed by atoms with E-state index in [9.17, 15) is 4.79 Å². The monoisotopic (exact) mass is 308 g/mol. The van der Waals surface area contributed by atoms with Gasteiger partial charge in [0.25, 0.3) is 5.91 Å². The van der Waals surface area contributed by atoms with Crippen LogP contribution in [0, 0.1) is 0 Å². The molecule has 0 aliphatic carbocycles. The van der Waals surface area contributed by atoms with Crippen molar-refractivity contribution in [2.75, 3.05) is 25.6 Å². The van der Waals surface area contributed by atoms with Gasteiger partial charge in [-0.15, -0.1) is 12.4 Å². The van der Waals surface area contributed by atoms with Gasteiger partial charge in [-0.3, -0.25) is 4.79 Å². The summed E-state index contributed by atoms with van der Waals surface area (Å²) in [5.74, 6) is 0.277. The molecule has 0 spiro atoms. The fourth-order valence-electron chi connectivity index (χ4n) is 1.38. The number of ether oxygens (including phenoxy) is 2. The Morgan fingerprint density at radius 2 is 2.21 bits per heavy atom. The molecule has 1 aromatic rings. The Morgan fingerprint density at radius 1 is 1.53 bits per heavy atom. The molecule has 0 aromatic heterocycles. The molecule has 7 heteroatoms. The number of hydrogen-bond donors (Lipinski definition) is 2. The molecule has 0 heterocycles. The summed E-state index contributed by atoms with van der Waals surface area (Å²) in [7, 11) is 1.43. The Bertz CT molecular complexity index is 412. The van der Waals surface area contributed by atoms with Crippen LogP contribution in [-0.4, -0.2) is 32.3 Å². The lowest BCUT2D eigenvalue weighted by atomic mass is 10.2. The standard InChI is InChI=1S/C12H17ClN2O3.ClH/c1-3-18-10-5-4-8(6-9(10)13)15-12(16)11(7-14)17-2;/h4-6,11H,3,7,14H2,1-2H3,(H,15,16);1H. The van der Waals surface area contributed by atoms with E-state index >= 15 is 0 Å². The van der Waals surface area contributed by atoms with Crippen LogP contribution in [0.5, 0.6) is 5.75 Å². The Morgan fingerprint density at radius 3 is 2.68 bits per heavy atom. The molecule has 0 fully saturated rings. The number of benzene rings is 1. The quantitative estimate of drug-likeness (QED) is 0.844. The lowest BCUT2D eigenvalue weighted by Gasteiger charge is -2.14. The molecule has 0 radical (unpaired) electrons. The number of carbonyl (C=O) groups is 1. The first kappa shape index (κ1) is 18.0. The maximum absolute atomic E-state index is 11.7. The largest absolute Gasteiger partial charge is 0.492 e. The summed E-state index contributed by atoms with van der Waals surface area (Å²) in [5.41, 5.74) is 5.97. The maximum atomic E-state index is 11.7. The Labute approximate surface area is 123 Å². The second-order valence-corrected chi connectivity index (χ2v) is 3.93. The molecule has 1 rings (SSSR count). The molecule has 0 bridgehead atoms. The van der Waals surface area contributed by atoms with Crippen molar-refractivity contribution in [1.82, 2.24) is 0 Å². The molecule has 3 N–H and O–H groups in total. The zero-order chi connectivity index (χ0) is 13.5. The molecule has 5 nitrogen and oxygen atoms in total. The summed E-state index contributed by atoms with van der Waals surface area (Å²) in [4.78, 5) is 11.7. The number of hydrogen-bond acceptors (Lipinski definition) is 4.